The van der Waals surface area contributed by atoms with E-state index in [0.29, 0.717) is 10.6 Å². The first kappa shape index (κ1) is 14.3. The quantitative estimate of drug-likeness (QED) is 0.668. The summed E-state index contributed by atoms with van der Waals surface area (Å²) in [5.74, 6) is -0.843. The summed E-state index contributed by atoms with van der Waals surface area (Å²) in [5.41, 5.74) is 0.152. The van der Waals surface area contributed by atoms with Crippen molar-refractivity contribution in [2.24, 2.45) is 5.41 Å². The smallest absolute Gasteiger partial charge is 0.129 e. The maximum absolute atomic E-state index is 13.2. The molecular formula is C16H19BrF2O. The molecule has 0 aliphatic heterocycles. The fourth-order valence-corrected chi connectivity index (χ4v) is 4.74. The molecule has 20 heavy (non-hydrogen) atoms. The number of benzene rings is 1. The van der Waals surface area contributed by atoms with Gasteiger partial charge in [-0.3, -0.25) is 0 Å². The van der Waals surface area contributed by atoms with Crippen molar-refractivity contribution in [2.45, 2.75) is 55.9 Å². The first-order chi connectivity index (χ1) is 9.60. The van der Waals surface area contributed by atoms with E-state index in [-0.39, 0.29) is 11.5 Å². The van der Waals surface area contributed by atoms with Gasteiger partial charge in [0.1, 0.15) is 23.5 Å². The Labute approximate surface area is 126 Å². The maximum Gasteiger partial charge on any atom is 0.129 e. The summed E-state index contributed by atoms with van der Waals surface area (Å²) in [5, 5.41) is 0. The second-order valence-electron chi connectivity index (χ2n) is 6.06. The summed E-state index contributed by atoms with van der Waals surface area (Å²) in [4.78, 5) is 0.469. The van der Waals surface area contributed by atoms with Crippen molar-refractivity contribution in [3.63, 3.8) is 0 Å². The number of halogens is 3. The summed E-state index contributed by atoms with van der Waals surface area (Å²) >= 11 is 3.77. The van der Waals surface area contributed by atoms with Crippen molar-refractivity contribution >= 4 is 15.9 Å². The van der Waals surface area contributed by atoms with E-state index in [2.05, 4.69) is 15.9 Å². The highest BCUT2D eigenvalue weighted by atomic mass is 79.9. The predicted octanol–water partition coefficient (Wildman–Crippen LogP) is 5.22. The van der Waals surface area contributed by atoms with Gasteiger partial charge in [0.25, 0.3) is 0 Å². The largest absolute Gasteiger partial charge is 0.490 e. The lowest BCUT2D eigenvalue weighted by Crippen LogP contribution is -2.56. The number of rotatable bonds is 2. The fraction of sp³-hybridized carbons (Fsp3) is 0.625. The third-order valence-corrected chi connectivity index (χ3v) is 6.12. The molecule has 0 radical (unpaired) electrons. The Hall–Kier alpha value is -0.640. The third kappa shape index (κ3) is 2.59. The van der Waals surface area contributed by atoms with Gasteiger partial charge in [-0.15, -0.1) is 0 Å². The molecule has 3 rings (SSSR count). The lowest BCUT2D eigenvalue weighted by molar-refractivity contribution is -0.0464. The van der Waals surface area contributed by atoms with E-state index in [0.717, 1.165) is 25.3 Å². The molecule has 2 saturated carbocycles. The standard InChI is InChI=1S/C16H19BrF2O/c17-14-10-15(16(14)5-3-1-2-4-6-16)20-13-8-11(18)7-12(19)9-13/h7-9,14-15H,1-6,10H2. The first-order valence-electron chi connectivity index (χ1n) is 7.37. The molecule has 2 aliphatic rings. The van der Waals surface area contributed by atoms with Crippen LogP contribution in [0.3, 0.4) is 0 Å². The zero-order valence-electron chi connectivity index (χ0n) is 11.4. The Morgan fingerprint density at radius 2 is 1.60 bits per heavy atom. The molecule has 1 aromatic rings. The molecule has 2 fully saturated rings. The summed E-state index contributed by atoms with van der Waals surface area (Å²) in [7, 11) is 0. The molecule has 1 spiro atoms. The van der Waals surface area contributed by atoms with Gasteiger partial charge in [0.05, 0.1) is 0 Å². The molecule has 110 valence electrons. The van der Waals surface area contributed by atoms with E-state index in [4.69, 9.17) is 4.74 Å². The second-order valence-corrected chi connectivity index (χ2v) is 7.17. The van der Waals surface area contributed by atoms with Crippen LogP contribution in [0.25, 0.3) is 0 Å². The van der Waals surface area contributed by atoms with E-state index in [1.165, 1.54) is 37.8 Å². The average molecular weight is 345 g/mol. The van der Waals surface area contributed by atoms with Gasteiger partial charge < -0.3 is 4.74 Å². The first-order valence-corrected chi connectivity index (χ1v) is 8.28. The molecule has 1 aromatic carbocycles. The molecule has 0 heterocycles. The van der Waals surface area contributed by atoms with Gasteiger partial charge in [0.2, 0.25) is 0 Å². The topological polar surface area (TPSA) is 9.23 Å². The Morgan fingerprint density at radius 3 is 2.15 bits per heavy atom. The molecule has 2 atom stereocenters. The minimum absolute atomic E-state index is 0.0752. The van der Waals surface area contributed by atoms with Crippen molar-refractivity contribution in [2.75, 3.05) is 0 Å². The molecule has 0 N–H and O–H groups in total. The van der Waals surface area contributed by atoms with Gasteiger partial charge in [0, 0.05) is 28.4 Å². The Balaban J connectivity index is 1.76. The molecule has 0 aromatic heterocycles. The van der Waals surface area contributed by atoms with E-state index < -0.39 is 11.6 Å². The van der Waals surface area contributed by atoms with Gasteiger partial charge in [-0.05, 0) is 19.3 Å². The Kier molecular flexibility index (Phi) is 4.02. The number of hydrogen-bond acceptors (Lipinski definition) is 1. The lowest BCUT2D eigenvalue weighted by atomic mass is 9.61. The lowest BCUT2D eigenvalue weighted by Gasteiger charge is -2.53. The molecule has 2 aliphatic carbocycles. The molecule has 0 amide bonds. The summed E-state index contributed by atoms with van der Waals surface area (Å²) < 4.78 is 32.4. The molecule has 2 unspecified atom stereocenters. The van der Waals surface area contributed by atoms with E-state index in [1.807, 2.05) is 0 Å². The average Bonchev–Trinajstić information content (AvgIpc) is 2.65. The normalized spacial score (nSPS) is 28.8. The molecule has 0 saturated heterocycles. The molecule has 4 heteroatoms. The number of hydrogen-bond donors (Lipinski definition) is 0. The highest BCUT2D eigenvalue weighted by Crippen LogP contribution is 2.55. The number of alkyl halides is 1. The highest BCUT2D eigenvalue weighted by Gasteiger charge is 2.54. The van der Waals surface area contributed by atoms with Crippen LogP contribution in [0.1, 0.15) is 44.9 Å². The predicted molar refractivity (Wildman–Crippen MR) is 78.2 cm³/mol. The van der Waals surface area contributed by atoms with Crippen LogP contribution in [0.5, 0.6) is 5.75 Å². The SMILES string of the molecule is Fc1cc(F)cc(OC2CC(Br)C23CCCCCC3)c1. The van der Waals surface area contributed by atoms with Gasteiger partial charge in [-0.1, -0.05) is 41.6 Å². The molecule has 1 nitrogen and oxygen atoms in total. The molecule has 0 bridgehead atoms. The van der Waals surface area contributed by atoms with Crippen molar-refractivity contribution in [3.8, 4) is 5.75 Å². The van der Waals surface area contributed by atoms with Crippen LogP contribution in [0.15, 0.2) is 18.2 Å². The van der Waals surface area contributed by atoms with Crippen LogP contribution < -0.4 is 4.74 Å². The van der Waals surface area contributed by atoms with Crippen molar-refractivity contribution in [1.29, 1.82) is 0 Å². The van der Waals surface area contributed by atoms with Gasteiger partial charge in [-0.2, -0.15) is 0 Å². The van der Waals surface area contributed by atoms with Crippen LogP contribution >= 0.6 is 15.9 Å². The third-order valence-electron chi connectivity index (χ3n) is 4.83. The summed E-state index contributed by atoms with van der Waals surface area (Å²) in [6, 6.07) is 3.42. The fourth-order valence-electron chi connectivity index (χ4n) is 3.65. The van der Waals surface area contributed by atoms with Crippen molar-refractivity contribution < 1.29 is 13.5 Å². The van der Waals surface area contributed by atoms with Gasteiger partial charge in [0.15, 0.2) is 0 Å². The minimum Gasteiger partial charge on any atom is -0.490 e. The van der Waals surface area contributed by atoms with Gasteiger partial charge in [-0.25, -0.2) is 8.78 Å². The highest BCUT2D eigenvalue weighted by molar-refractivity contribution is 9.09. The second kappa shape index (κ2) is 5.63. The van der Waals surface area contributed by atoms with E-state index in [9.17, 15) is 8.78 Å². The molecular weight excluding hydrogens is 326 g/mol. The zero-order chi connectivity index (χ0) is 14.2. The van der Waals surface area contributed by atoms with Crippen molar-refractivity contribution in [1.82, 2.24) is 0 Å². The van der Waals surface area contributed by atoms with Crippen LogP contribution in [0.2, 0.25) is 0 Å². The van der Waals surface area contributed by atoms with Crippen molar-refractivity contribution in [3.05, 3.63) is 29.8 Å². The Morgan fingerprint density at radius 1 is 1.00 bits per heavy atom. The summed E-state index contributed by atoms with van der Waals surface area (Å²) in [6.45, 7) is 0. The van der Waals surface area contributed by atoms with Gasteiger partial charge >= 0.3 is 0 Å². The van der Waals surface area contributed by atoms with Crippen LogP contribution in [-0.4, -0.2) is 10.9 Å². The van der Waals surface area contributed by atoms with Crippen LogP contribution in [0, 0.1) is 17.0 Å². The van der Waals surface area contributed by atoms with Crippen LogP contribution in [-0.2, 0) is 0 Å². The number of ether oxygens (including phenoxy) is 1. The Bertz CT molecular complexity index is 463. The minimum atomic E-state index is -0.579. The van der Waals surface area contributed by atoms with E-state index >= 15 is 0 Å². The van der Waals surface area contributed by atoms with E-state index in [1.54, 1.807) is 0 Å². The summed E-state index contributed by atoms with van der Waals surface area (Å²) in [6.07, 6.45) is 8.28. The monoisotopic (exact) mass is 344 g/mol. The zero-order valence-corrected chi connectivity index (χ0v) is 13.0. The van der Waals surface area contributed by atoms with Crippen LogP contribution in [0.4, 0.5) is 8.78 Å². The maximum atomic E-state index is 13.2.